The molecule has 2 unspecified atom stereocenters. The molecule has 27 heavy (non-hydrogen) atoms. The van der Waals surface area contributed by atoms with Crippen molar-refractivity contribution in [3.8, 4) is 0 Å². The van der Waals surface area contributed by atoms with Gasteiger partial charge in [0.25, 0.3) is 5.91 Å². The number of hydrogen-bond donors (Lipinski definition) is 0. The van der Waals surface area contributed by atoms with E-state index in [2.05, 4.69) is 0 Å². The maximum absolute atomic E-state index is 13.0. The third kappa shape index (κ3) is 4.12. The predicted octanol–water partition coefficient (Wildman–Crippen LogP) is 1.90. The number of hydrogen-bond acceptors (Lipinski definition) is 7. The summed E-state index contributed by atoms with van der Waals surface area (Å²) in [6.45, 7) is 3.80. The summed E-state index contributed by atoms with van der Waals surface area (Å²) in [5.41, 5.74) is 0. The lowest BCUT2D eigenvalue weighted by atomic mass is 10.1. The summed E-state index contributed by atoms with van der Waals surface area (Å²) in [7, 11) is -3.11. The molecule has 146 valence electrons. The molecule has 2 aliphatic heterocycles. The van der Waals surface area contributed by atoms with Crippen molar-refractivity contribution < 1.29 is 22.4 Å². The highest BCUT2D eigenvalue weighted by molar-refractivity contribution is 8.26. The lowest BCUT2D eigenvalue weighted by molar-refractivity contribution is -0.140. The van der Waals surface area contributed by atoms with Crippen LogP contribution < -0.4 is 0 Å². The molecule has 0 aromatic carbocycles. The lowest BCUT2D eigenvalue weighted by Crippen LogP contribution is -2.52. The van der Waals surface area contributed by atoms with Gasteiger partial charge in [-0.1, -0.05) is 24.0 Å². The maximum atomic E-state index is 13.0. The van der Waals surface area contributed by atoms with Crippen molar-refractivity contribution in [3.05, 3.63) is 29.1 Å². The van der Waals surface area contributed by atoms with Crippen molar-refractivity contribution in [3.63, 3.8) is 0 Å². The highest BCUT2D eigenvalue weighted by Gasteiger charge is 2.42. The van der Waals surface area contributed by atoms with Crippen LogP contribution in [0.4, 0.5) is 0 Å². The molecule has 2 aliphatic rings. The summed E-state index contributed by atoms with van der Waals surface area (Å²) in [6.07, 6.45) is 3.52. The van der Waals surface area contributed by atoms with Crippen LogP contribution in [0.1, 0.15) is 26.0 Å². The average Bonchev–Trinajstić information content (AvgIpc) is 3.30. The Balaban J connectivity index is 1.77. The Morgan fingerprint density at radius 1 is 1.56 bits per heavy atom. The first-order chi connectivity index (χ1) is 12.7. The second kappa shape index (κ2) is 7.76. The summed E-state index contributed by atoms with van der Waals surface area (Å²) >= 11 is 6.43. The molecule has 0 saturated carbocycles. The molecule has 10 heteroatoms. The van der Waals surface area contributed by atoms with E-state index in [1.54, 1.807) is 37.0 Å². The van der Waals surface area contributed by atoms with Gasteiger partial charge in [0.2, 0.25) is 5.91 Å². The lowest BCUT2D eigenvalue weighted by Gasteiger charge is -2.32. The number of sulfone groups is 1. The SMILES string of the molecule is CCN(C(=O)C(C)N1C(=O)/C(=C\c2ccco2)SC1=S)C1CCS(=O)(=O)C1. The van der Waals surface area contributed by atoms with E-state index >= 15 is 0 Å². The molecule has 2 amide bonds. The van der Waals surface area contributed by atoms with E-state index in [9.17, 15) is 18.0 Å². The summed E-state index contributed by atoms with van der Waals surface area (Å²) in [6, 6.07) is 2.28. The smallest absolute Gasteiger partial charge is 0.267 e. The van der Waals surface area contributed by atoms with Gasteiger partial charge in [0.1, 0.15) is 16.1 Å². The molecule has 2 fully saturated rings. The minimum absolute atomic E-state index is 0.0317. The summed E-state index contributed by atoms with van der Waals surface area (Å²) < 4.78 is 29.1. The highest BCUT2D eigenvalue weighted by Crippen LogP contribution is 2.34. The number of furan rings is 1. The largest absolute Gasteiger partial charge is 0.465 e. The van der Waals surface area contributed by atoms with E-state index in [0.717, 1.165) is 11.8 Å². The molecule has 2 atom stereocenters. The summed E-state index contributed by atoms with van der Waals surface area (Å²) in [4.78, 5) is 29.0. The van der Waals surface area contributed by atoms with Gasteiger partial charge in [-0.25, -0.2) is 8.42 Å². The number of amides is 2. The molecule has 0 spiro atoms. The number of rotatable bonds is 5. The van der Waals surface area contributed by atoms with Crippen molar-refractivity contribution in [2.45, 2.75) is 32.4 Å². The second-order valence-corrected chi connectivity index (χ2v) is 10.3. The minimum atomic E-state index is -3.11. The zero-order chi connectivity index (χ0) is 19.8. The Morgan fingerprint density at radius 3 is 2.85 bits per heavy atom. The fraction of sp³-hybridized carbons (Fsp3) is 0.471. The maximum Gasteiger partial charge on any atom is 0.267 e. The normalized spacial score (nSPS) is 24.6. The summed E-state index contributed by atoms with van der Waals surface area (Å²) in [5, 5.41) is 0. The molecule has 7 nitrogen and oxygen atoms in total. The second-order valence-electron chi connectivity index (χ2n) is 6.42. The van der Waals surface area contributed by atoms with E-state index in [0.29, 0.717) is 28.0 Å². The number of carbonyl (C=O) groups excluding carboxylic acids is 2. The van der Waals surface area contributed by atoms with E-state index in [4.69, 9.17) is 16.6 Å². The number of nitrogens with zero attached hydrogens (tertiary/aromatic N) is 2. The molecular weight excluding hydrogens is 408 g/mol. The molecule has 3 heterocycles. The third-order valence-electron chi connectivity index (χ3n) is 4.66. The Kier molecular flexibility index (Phi) is 5.78. The monoisotopic (exact) mass is 428 g/mol. The van der Waals surface area contributed by atoms with Crippen LogP contribution in [-0.2, 0) is 19.4 Å². The first-order valence-electron chi connectivity index (χ1n) is 8.55. The molecule has 1 aromatic heterocycles. The number of thiocarbonyl (C=S) groups is 1. The fourth-order valence-electron chi connectivity index (χ4n) is 3.28. The predicted molar refractivity (Wildman–Crippen MR) is 108 cm³/mol. The van der Waals surface area contributed by atoms with Crippen LogP contribution in [0.2, 0.25) is 0 Å². The van der Waals surface area contributed by atoms with Gasteiger partial charge >= 0.3 is 0 Å². The van der Waals surface area contributed by atoms with Crippen molar-refractivity contribution >= 4 is 56.0 Å². The van der Waals surface area contributed by atoms with Gasteiger partial charge in [0.05, 0.1) is 22.7 Å². The van der Waals surface area contributed by atoms with E-state index in [-0.39, 0.29) is 29.4 Å². The van der Waals surface area contributed by atoms with Crippen molar-refractivity contribution in [2.75, 3.05) is 18.1 Å². The molecule has 2 saturated heterocycles. The fourth-order valence-corrected chi connectivity index (χ4v) is 6.41. The van der Waals surface area contributed by atoms with Gasteiger partial charge in [-0.15, -0.1) is 0 Å². The van der Waals surface area contributed by atoms with Gasteiger partial charge in [-0.3, -0.25) is 14.5 Å². The van der Waals surface area contributed by atoms with Crippen molar-refractivity contribution in [1.82, 2.24) is 9.80 Å². The number of likely N-dealkylation sites (N-methyl/N-ethyl adjacent to an activating group) is 1. The Morgan fingerprint density at radius 2 is 2.30 bits per heavy atom. The highest BCUT2D eigenvalue weighted by atomic mass is 32.2. The van der Waals surface area contributed by atoms with Gasteiger partial charge in [-0.05, 0) is 32.4 Å². The first-order valence-corrected chi connectivity index (χ1v) is 11.6. The van der Waals surface area contributed by atoms with Crippen LogP contribution in [0, 0.1) is 0 Å². The van der Waals surface area contributed by atoms with E-state index in [1.807, 2.05) is 0 Å². The molecule has 0 N–H and O–H groups in total. The van der Waals surface area contributed by atoms with Crippen molar-refractivity contribution in [2.24, 2.45) is 0 Å². The zero-order valence-electron chi connectivity index (χ0n) is 15.0. The summed E-state index contributed by atoms with van der Waals surface area (Å²) in [5.74, 6) is -0.0629. The van der Waals surface area contributed by atoms with Crippen LogP contribution in [-0.4, -0.2) is 64.5 Å². The first kappa shape index (κ1) is 20.1. The van der Waals surface area contributed by atoms with Gasteiger partial charge < -0.3 is 9.32 Å². The van der Waals surface area contributed by atoms with Gasteiger partial charge in [0, 0.05) is 18.7 Å². The Bertz CT molecular complexity index is 892. The molecule has 1 aromatic rings. The van der Waals surface area contributed by atoms with Crippen molar-refractivity contribution in [1.29, 1.82) is 0 Å². The minimum Gasteiger partial charge on any atom is -0.465 e. The topological polar surface area (TPSA) is 87.9 Å². The standard InChI is InChI=1S/C17H20N2O5S3/c1-3-18(12-6-8-27(22,23)10-12)15(20)11(2)19-16(21)14(26-17(19)25)9-13-5-4-7-24-13/h4-5,7,9,11-12H,3,6,8,10H2,1-2H3/b14-9+. The molecule has 0 radical (unpaired) electrons. The Labute approximate surface area is 167 Å². The molecule has 3 rings (SSSR count). The molecule has 0 bridgehead atoms. The molecular formula is C17H20N2O5S3. The number of thioether (sulfide) groups is 1. The Hall–Kier alpha value is -1.65. The zero-order valence-corrected chi connectivity index (χ0v) is 17.4. The van der Waals surface area contributed by atoms with E-state index < -0.39 is 15.9 Å². The van der Waals surface area contributed by atoms with Crippen LogP contribution in [0.5, 0.6) is 0 Å². The van der Waals surface area contributed by atoms with E-state index in [1.165, 1.54) is 11.2 Å². The van der Waals surface area contributed by atoms with Gasteiger partial charge in [0.15, 0.2) is 9.84 Å². The van der Waals surface area contributed by atoms with Gasteiger partial charge in [-0.2, -0.15) is 0 Å². The van der Waals surface area contributed by atoms with Crippen LogP contribution >= 0.6 is 24.0 Å². The number of carbonyl (C=O) groups is 2. The van der Waals surface area contributed by atoms with Crippen LogP contribution in [0.25, 0.3) is 6.08 Å². The average molecular weight is 429 g/mol. The van der Waals surface area contributed by atoms with Crippen LogP contribution in [0.3, 0.4) is 0 Å². The van der Waals surface area contributed by atoms with Crippen LogP contribution in [0.15, 0.2) is 27.7 Å². The molecule has 0 aliphatic carbocycles. The quantitative estimate of drug-likeness (QED) is 0.523. The third-order valence-corrected chi connectivity index (χ3v) is 7.74.